The van der Waals surface area contributed by atoms with E-state index in [-0.39, 0.29) is 5.91 Å². The van der Waals surface area contributed by atoms with Crippen LogP contribution in [0, 0.1) is 0 Å². The van der Waals surface area contributed by atoms with Gasteiger partial charge in [-0.2, -0.15) is 0 Å². The molecule has 2 saturated heterocycles. The fourth-order valence-electron chi connectivity index (χ4n) is 2.99. The molecule has 0 radical (unpaired) electrons. The van der Waals surface area contributed by atoms with E-state index in [1.807, 2.05) is 37.3 Å². The molecule has 1 aromatic carbocycles. The monoisotopic (exact) mass is 345 g/mol. The van der Waals surface area contributed by atoms with Gasteiger partial charge in [0.1, 0.15) is 11.4 Å². The van der Waals surface area contributed by atoms with E-state index in [1.165, 1.54) is 19.3 Å². The van der Waals surface area contributed by atoms with Crippen molar-refractivity contribution >= 4 is 29.3 Å². The van der Waals surface area contributed by atoms with Gasteiger partial charge >= 0.3 is 0 Å². The van der Waals surface area contributed by atoms with Crippen LogP contribution in [0.15, 0.2) is 30.0 Å². The zero-order valence-electron chi connectivity index (χ0n) is 14.0. The van der Waals surface area contributed by atoms with Crippen molar-refractivity contribution in [2.24, 2.45) is 0 Å². The largest absolute Gasteiger partial charge is 0.494 e. The highest BCUT2D eigenvalue weighted by atomic mass is 32.1. The maximum absolute atomic E-state index is 12.6. The summed E-state index contributed by atoms with van der Waals surface area (Å²) in [5.74, 6) is 0.770. The van der Waals surface area contributed by atoms with Gasteiger partial charge in [-0.3, -0.25) is 14.6 Å². The molecule has 0 atom stereocenters. The normalized spacial score (nSPS) is 20.5. The Morgan fingerprint density at radius 2 is 1.92 bits per heavy atom. The van der Waals surface area contributed by atoms with Gasteiger partial charge in [0.15, 0.2) is 5.11 Å². The molecule has 2 aliphatic rings. The molecule has 128 valence electrons. The first kappa shape index (κ1) is 16.9. The zero-order valence-corrected chi connectivity index (χ0v) is 14.8. The Bertz CT molecular complexity index is 636. The molecular formula is C18H23N3O2S. The summed E-state index contributed by atoms with van der Waals surface area (Å²) >= 11 is 5.34. The van der Waals surface area contributed by atoms with Crippen molar-refractivity contribution in [2.75, 3.05) is 26.4 Å². The van der Waals surface area contributed by atoms with Gasteiger partial charge in [0.2, 0.25) is 0 Å². The van der Waals surface area contributed by atoms with E-state index < -0.39 is 0 Å². The number of carbonyl (C=O) groups excluding carboxylic acids is 1. The van der Waals surface area contributed by atoms with Crippen molar-refractivity contribution in [2.45, 2.75) is 26.2 Å². The van der Waals surface area contributed by atoms with Gasteiger partial charge in [0.25, 0.3) is 5.91 Å². The lowest BCUT2D eigenvalue weighted by Gasteiger charge is -2.29. The molecule has 6 heteroatoms. The average molecular weight is 345 g/mol. The van der Waals surface area contributed by atoms with Crippen LogP contribution >= 0.6 is 12.2 Å². The van der Waals surface area contributed by atoms with Gasteiger partial charge in [0.05, 0.1) is 13.3 Å². The van der Waals surface area contributed by atoms with E-state index >= 15 is 0 Å². The van der Waals surface area contributed by atoms with E-state index in [9.17, 15) is 4.79 Å². The lowest BCUT2D eigenvalue weighted by Crippen LogP contribution is -2.43. The van der Waals surface area contributed by atoms with Crippen molar-refractivity contribution in [3.8, 4) is 5.75 Å². The van der Waals surface area contributed by atoms with Gasteiger partial charge in [-0.1, -0.05) is 18.6 Å². The van der Waals surface area contributed by atoms with Gasteiger partial charge in [-0.25, -0.2) is 0 Å². The number of benzene rings is 1. The lowest BCUT2D eigenvalue weighted by molar-refractivity contribution is -0.123. The van der Waals surface area contributed by atoms with E-state index in [0.717, 1.165) is 24.4 Å². The third-order valence-corrected chi connectivity index (χ3v) is 4.58. The number of ether oxygens (including phenoxy) is 1. The molecule has 1 aromatic rings. The summed E-state index contributed by atoms with van der Waals surface area (Å²) in [6.07, 6.45) is 5.49. The number of nitrogens with zero attached hydrogens (tertiary/aromatic N) is 2. The van der Waals surface area contributed by atoms with Crippen LogP contribution in [0.4, 0.5) is 0 Å². The van der Waals surface area contributed by atoms with Crippen LogP contribution in [0.1, 0.15) is 31.7 Å². The van der Waals surface area contributed by atoms with Crippen molar-refractivity contribution < 1.29 is 9.53 Å². The summed E-state index contributed by atoms with van der Waals surface area (Å²) < 4.78 is 5.43. The quantitative estimate of drug-likeness (QED) is 0.656. The summed E-state index contributed by atoms with van der Waals surface area (Å²) in [6, 6.07) is 7.67. The minimum Gasteiger partial charge on any atom is -0.494 e. The number of hydrogen-bond donors (Lipinski definition) is 1. The highest BCUT2D eigenvalue weighted by Crippen LogP contribution is 2.18. The van der Waals surface area contributed by atoms with Crippen LogP contribution in [-0.4, -0.2) is 47.2 Å². The molecule has 0 bridgehead atoms. The molecule has 0 spiro atoms. The van der Waals surface area contributed by atoms with Gasteiger partial charge < -0.3 is 10.1 Å². The van der Waals surface area contributed by atoms with Crippen molar-refractivity contribution in [1.29, 1.82) is 0 Å². The van der Waals surface area contributed by atoms with Crippen LogP contribution in [0.2, 0.25) is 0 Å². The molecule has 0 aromatic heterocycles. The standard InChI is InChI=1S/C18H23N3O2S/c1-2-23-15-8-6-14(7-9-15)12-16-17(22)21(18(24)19-16)13-20-10-4-3-5-11-20/h6-9,12H,2-5,10-11,13H2,1H3,(H,19,24)/b16-12-. The van der Waals surface area contributed by atoms with E-state index in [1.54, 1.807) is 4.90 Å². The number of carbonyl (C=O) groups is 1. The first-order valence-corrected chi connectivity index (χ1v) is 8.88. The Morgan fingerprint density at radius 1 is 1.21 bits per heavy atom. The van der Waals surface area contributed by atoms with E-state index in [0.29, 0.717) is 24.1 Å². The highest BCUT2D eigenvalue weighted by Gasteiger charge is 2.32. The maximum atomic E-state index is 12.6. The molecule has 1 amide bonds. The third-order valence-electron chi connectivity index (χ3n) is 4.25. The summed E-state index contributed by atoms with van der Waals surface area (Å²) in [6.45, 7) is 5.23. The molecule has 24 heavy (non-hydrogen) atoms. The predicted molar refractivity (Wildman–Crippen MR) is 98.5 cm³/mol. The number of nitrogens with one attached hydrogen (secondary N) is 1. The molecule has 0 aliphatic carbocycles. The van der Waals surface area contributed by atoms with Crippen LogP contribution in [0.25, 0.3) is 6.08 Å². The van der Waals surface area contributed by atoms with Gasteiger partial charge in [-0.15, -0.1) is 0 Å². The van der Waals surface area contributed by atoms with Crippen molar-refractivity contribution in [3.05, 3.63) is 35.5 Å². The topological polar surface area (TPSA) is 44.8 Å². The van der Waals surface area contributed by atoms with E-state index in [2.05, 4.69) is 10.2 Å². The smallest absolute Gasteiger partial charge is 0.277 e. The summed E-state index contributed by atoms with van der Waals surface area (Å²) in [7, 11) is 0. The molecule has 0 unspecified atom stereocenters. The predicted octanol–water partition coefficient (Wildman–Crippen LogP) is 2.59. The number of likely N-dealkylation sites (tertiary alicyclic amines) is 1. The first-order valence-electron chi connectivity index (χ1n) is 8.47. The Balaban J connectivity index is 1.68. The van der Waals surface area contributed by atoms with E-state index in [4.69, 9.17) is 17.0 Å². The number of thiocarbonyl (C=S) groups is 1. The number of rotatable bonds is 5. The highest BCUT2D eigenvalue weighted by molar-refractivity contribution is 7.80. The fraction of sp³-hybridized carbons (Fsp3) is 0.444. The maximum Gasteiger partial charge on any atom is 0.277 e. The molecule has 5 nitrogen and oxygen atoms in total. The van der Waals surface area contributed by atoms with Crippen molar-refractivity contribution in [1.82, 2.24) is 15.1 Å². The molecule has 2 heterocycles. The second kappa shape index (κ2) is 7.77. The van der Waals surface area contributed by atoms with Gasteiger partial charge in [0, 0.05) is 0 Å². The number of piperidine rings is 1. The average Bonchev–Trinajstić information content (AvgIpc) is 2.85. The first-order chi connectivity index (χ1) is 11.7. The minimum absolute atomic E-state index is 0.0561. The minimum atomic E-state index is -0.0561. The SMILES string of the molecule is CCOc1ccc(/C=C2\NC(=S)N(CN3CCCCC3)C2=O)cc1. The van der Waals surface area contributed by atoms with Crippen molar-refractivity contribution in [3.63, 3.8) is 0 Å². The Kier molecular flexibility index (Phi) is 5.48. The molecule has 0 saturated carbocycles. The number of amides is 1. The summed E-state index contributed by atoms with van der Waals surface area (Å²) in [5.41, 5.74) is 1.47. The fourth-order valence-corrected chi connectivity index (χ4v) is 3.25. The van der Waals surface area contributed by atoms with Crippen LogP contribution < -0.4 is 10.1 Å². The molecule has 3 rings (SSSR count). The second-order valence-corrected chi connectivity index (χ2v) is 6.43. The molecule has 1 N–H and O–H groups in total. The van der Waals surface area contributed by atoms with Crippen LogP contribution in [-0.2, 0) is 4.79 Å². The second-order valence-electron chi connectivity index (χ2n) is 6.04. The van der Waals surface area contributed by atoms with Gasteiger partial charge in [-0.05, 0) is 68.8 Å². The summed E-state index contributed by atoms with van der Waals surface area (Å²) in [4.78, 5) is 16.6. The van der Waals surface area contributed by atoms with Crippen LogP contribution in [0.5, 0.6) is 5.75 Å². The Morgan fingerprint density at radius 3 is 2.58 bits per heavy atom. The molecular weight excluding hydrogens is 322 g/mol. The molecule has 2 fully saturated rings. The zero-order chi connectivity index (χ0) is 16.9. The third kappa shape index (κ3) is 3.94. The molecule has 2 aliphatic heterocycles. The Hall–Kier alpha value is -1.92. The summed E-state index contributed by atoms with van der Waals surface area (Å²) in [5, 5.41) is 3.53. The Labute approximate surface area is 148 Å². The number of hydrogen-bond acceptors (Lipinski definition) is 4. The lowest BCUT2D eigenvalue weighted by atomic mass is 10.1. The van der Waals surface area contributed by atoms with Crippen LogP contribution in [0.3, 0.4) is 0 Å².